The van der Waals surface area contributed by atoms with E-state index in [1.165, 1.54) is 22.8 Å². The average Bonchev–Trinajstić information content (AvgIpc) is 2.21. The van der Waals surface area contributed by atoms with Crippen molar-refractivity contribution in [2.24, 2.45) is 5.92 Å². The van der Waals surface area contributed by atoms with Gasteiger partial charge in [-0.25, -0.2) is 4.79 Å². The number of aromatic carboxylic acids is 1. The topological polar surface area (TPSA) is 59.3 Å². The van der Waals surface area contributed by atoms with E-state index in [0.717, 1.165) is 12.8 Å². The Morgan fingerprint density at radius 2 is 2.19 bits per heavy atom. The molecule has 1 aromatic rings. The molecule has 0 saturated heterocycles. The van der Waals surface area contributed by atoms with E-state index in [1.807, 2.05) is 6.92 Å². The normalized spacial score (nSPS) is 12.4. The summed E-state index contributed by atoms with van der Waals surface area (Å²) >= 11 is 0. The highest BCUT2D eigenvalue weighted by molar-refractivity contribution is 5.85. The first-order chi connectivity index (χ1) is 7.56. The van der Waals surface area contributed by atoms with Crippen molar-refractivity contribution in [1.29, 1.82) is 0 Å². The van der Waals surface area contributed by atoms with Gasteiger partial charge in [0.05, 0.1) is 0 Å². The summed E-state index contributed by atoms with van der Waals surface area (Å²) in [6, 6.07) is 4.33. The maximum absolute atomic E-state index is 11.6. The standard InChI is InChI=1S/C12H17NO3/c1-3-5-9(2)8-13-10(12(15)16)6-4-7-11(13)14/h4,6-7,9H,3,5,8H2,1-2H3,(H,15,16). The Labute approximate surface area is 94.5 Å². The molecule has 1 aromatic heterocycles. The molecule has 0 aliphatic carbocycles. The molecule has 16 heavy (non-hydrogen) atoms. The molecule has 1 unspecified atom stereocenters. The third kappa shape index (κ3) is 2.95. The van der Waals surface area contributed by atoms with Crippen LogP contribution >= 0.6 is 0 Å². The first-order valence-electron chi connectivity index (χ1n) is 5.49. The molecular formula is C12H17NO3. The van der Waals surface area contributed by atoms with Gasteiger partial charge >= 0.3 is 5.97 Å². The summed E-state index contributed by atoms with van der Waals surface area (Å²) in [6.07, 6.45) is 2.02. The van der Waals surface area contributed by atoms with Gasteiger partial charge in [-0.3, -0.25) is 4.79 Å². The first-order valence-corrected chi connectivity index (χ1v) is 5.49. The zero-order valence-corrected chi connectivity index (χ0v) is 9.64. The minimum atomic E-state index is -1.05. The molecule has 1 N–H and O–H groups in total. The quantitative estimate of drug-likeness (QED) is 0.830. The molecule has 4 heteroatoms. The number of nitrogens with zero attached hydrogens (tertiary/aromatic N) is 1. The molecule has 0 spiro atoms. The highest BCUT2D eigenvalue weighted by Crippen LogP contribution is 2.08. The zero-order chi connectivity index (χ0) is 12.1. The van der Waals surface area contributed by atoms with E-state index in [4.69, 9.17) is 5.11 Å². The van der Waals surface area contributed by atoms with Crippen molar-refractivity contribution in [2.75, 3.05) is 0 Å². The highest BCUT2D eigenvalue weighted by atomic mass is 16.4. The van der Waals surface area contributed by atoms with Crippen LogP contribution in [-0.2, 0) is 6.54 Å². The van der Waals surface area contributed by atoms with Crippen molar-refractivity contribution in [3.63, 3.8) is 0 Å². The number of hydrogen-bond acceptors (Lipinski definition) is 2. The van der Waals surface area contributed by atoms with Gasteiger partial charge in [-0.1, -0.05) is 26.3 Å². The van der Waals surface area contributed by atoms with Crippen LogP contribution < -0.4 is 5.56 Å². The minimum absolute atomic E-state index is 0.0652. The molecule has 1 atom stereocenters. The van der Waals surface area contributed by atoms with Gasteiger partial charge in [-0.05, 0) is 18.4 Å². The number of aromatic nitrogens is 1. The molecule has 1 rings (SSSR count). The Morgan fingerprint density at radius 3 is 2.75 bits per heavy atom. The van der Waals surface area contributed by atoms with Gasteiger partial charge in [0.2, 0.25) is 0 Å². The molecule has 0 aliphatic rings. The SMILES string of the molecule is CCCC(C)Cn1c(C(=O)O)cccc1=O. The number of pyridine rings is 1. The molecule has 0 radical (unpaired) electrons. The smallest absolute Gasteiger partial charge is 0.352 e. The zero-order valence-electron chi connectivity index (χ0n) is 9.64. The van der Waals surface area contributed by atoms with Crippen LogP contribution in [0.25, 0.3) is 0 Å². The lowest BCUT2D eigenvalue weighted by atomic mass is 10.1. The van der Waals surface area contributed by atoms with Gasteiger partial charge in [0.25, 0.3) is 5.56 Å². The Hall–Kier alpha value is -1.58. The summed E-state index contributed by atoms with van der Waals surface area (Å²) in [5, 5.41) is 8.97. The third-order valence-corrected chi connectivity index (χ3v) is 2.54. The first kappa shape index (κ1) is 12.5. The molecule has 0 saturated carbocycles. The van der Waals surface area contributed by atoms with Crippen molar-refractivity contribution in [3.8, 4) is 0 Å². The van der Waals surface area contributed by atoms with Crippen molar-refractivity contribution >= 4 is 5.97 Å². The van der Waals surface area contributed by atoms with Gasteiger partial charge in [-0.2, -0.15) is 0 Å². The lowest BCUT2D eigenvalue weighted by molar-refractivity contribution is 0.0682. The summed E-state index contributed by atoms with van der Waals surface area (Å²) in [6.45, 7) is 4.56. The predicted octanol–water partition coefficient (Wildman–Crippen LogP) is 1.98. The molecule has 88 valence electrons. The van der Waals surface area contributed by atoms with Crippen LogP contribution in [0.1, 0.15) is 37.2 Å². The van der Waals surface area contributed by atoms with Crippen molar-refractivity contribution in [3.05, 3.63) is 34.2 Å². The molecular weight excluding hydrogens is 206 g/mol. The number of carboxylic acids is 1. The average molecular weight is 223 g/mol. The number of rotatable bonds is 5. The summed E-state index contributed by atoms with van der Waals surface area (Å²) in [5.74, 6) is -0.746. The van der Waals surface area contributed by atoms with Crippen LogP contribution in [0.2, 0.25) is 0 Å². The minimum Gasteiger partial charge on any atom is -0.477 e. The van der Waals surface area contributed by atoms with E-state index in [0.29, 0.717) is 12.5 Å². The number of carboxylic acid groups (broad SMARTS) is 1. The van der Waals surface area contributed by atoms with Gasteiger partial charge < -0.3 is 9.67 Å². The highest BCUT2D eigenvalue weighted by Gasteiger charge is 2.12. The van der Waals surface area contributed by atoms with Crippen molar-refractivity contribution in [2.45, 2.75) is 33.2 Å². The van der Waals surface area contributed by atoms with Gasteiger partial charge in [0, 0.05) is 12.6 Å². The van der Waals surface area contributed by atoms with Crippen LogP contribution in [0.15, 0.2) is 23.0 Å². The van der Waals surface area contributed by atoms with Crippen molar-refractivity contribution < 1.29 is 9.90 Å². The Balaban J connectivity index is 3.02. The fourth-order valence-corrected chi connectivity index (χ4v) is 1.79. The number of carbonyl (C=O) groups is 1. The second kappa shape index (κ2) is 5.49. The van der Waals surface area contributed by atoms with E-state index < -0.39 is 5.97 Å². The summed E-state index contributed by atoms with van der Waals surface area (Å²) in [5.41, 5.74) is -0.182. The Kier molecular flexibility index (Phi) is 4.28. The molecule has 0 aromatic carbocycles. The molecule has 0 fully saturated rings. The van der Waals surface area contributed by atoms with Crippen LogP contribution in [0.5, 0.6) is 0 Å². The Bertz CT molecular complexity index is 423. The molecule has 4 nitrogen and oxygen atoms in total. The van der Waals surface area contributed by atoms with Crippen molar-refractivity contribution in [1.82, 2.24) is 4.57 Å². The monoisotopic (exact) mass is 223 g/mol. The fraction of sp³-hybridized carbons (Fsp3) is 0.500. The largest absolute Gasteiger partial charge is 0.477 e. The van der Waals surface area contributed by atoms with Gasteiger partial charge in [-0.15, -0.1) is 0 Å². The second-order valence-corrected chi connectivity index (χ2v) is 4.06. The van der Waals surface area contributed by atoms with E-state index in [9.17, 15) is 9.59 Å². The third-order valence-electron chi connectivity index (χ3n) is 2.54. The van der Waals surface area contributed by atoms with Crippen LogP contribution in [0.4, 0.5) is 0 Å². The number of hydrogen-bond donors (Lipinski definition) is 1. The summed E-state index contributed by atoms with van der Waals surface area (Å²) < 4.78 is 1.34. The molecule has 0 amide bonds. The van der Waals surface area contributed by atoms with E-state index in [1.54, 1.807) is 0 Å². The molecule has 1 heterocycles. The lowest BCUT2D eigenvalue weighted by Crippen LogP contribution is -2.27. The van der Waals surface area contributed by atoms with E-state index in [2.05, 4.69) is 6.92 Å². The summed E-state index contributed by atoms with van der Waals surface area (Å²) in [4.78, 5) is 22.5. The predicted molar refractivity (Wildman–Crippen MR) is 61.7 cm³/mol. The van der Waals surface area contributed by atoms with E-state index >= 15 is 0 Å². The maximum Gasteiger partial charge on any atom is 0.352 e. The molecule has 0 bridgehead atoms. The van der Waals surface area contributed by atoms with Crippen LogP contribution in [-0.4, -0.2) is 15.6 Å². The van der Waals surface area contributed by atoms with Gasteiger partial charge in [0.15, 0.2) is 0 Å². The molecule has 0 aliphatic heterocycles. The van der Waals surface area contributed by atoms with Gasteiger partial charge in [0.1, 0.15) is 5.69 Å². The summed E-state index contributed by atoms with van der Waals surface area (Å²) in [7, 11) is 0. The Morgan fingerprint density at radius 1 is 1.50 bits per heavy atom. The lowest BCUT2D eigenvalue weighted by Gasteiger charge is -2.14. The fourth-order valence-electron chi connectivity index (χ4n) is 1.79. The van der Waals surface area contributed by atoms with E-state index in [-0.39, 0.29) is 11.3 Å². The second-order valence-electron chi connectivity index (χ2n) is 4.06. The van der Waals surface area contributed by atoms with Crippen LogP contribution in [0.3, 0.4) is 0 Å². The maximum atomic E-state index is 11.6. The van der Waals surface area contributed by atoms with Crippen LogP contribution in [0, 0.1) is 5.92 Å².